The number of hydrogen-bond donors (Lipinski definition) is 1. The van der Waals surface area contributed by atoms with Crippen LogP contribution in [0.2, 0.25) is 0 Å². The van der Waals surface area contributed by atoms with Crippen LogP contribution in [0.5, 0.6) is 0 Å². The fraction of sp³-hybridized carbons (Fsp3) is 0.0213. The van der Waals surface area contributed by atoms with Gasteiger partial charge in [-0.25, -0.2) is 9.98 Å². The van der Waals surface area contributed by atoms with Crippen molar-refractivity contribution in [2.75, 3.05) is 0 Å². The summed E-state index contributed by atoms with van der Waals surface area (Å²) < 4.78 is 4.99. The van der Waals surface area contributed by atoms with Gasteiger partial charge in [0.15, 0.2) is 5.84 Å². The molecule has 1 unspecified atom stereocenters. The molecule has 0 fully saturated rings. The standard InChI is InChI=1S/C47H30N4S/c1-2-12-31(13-3-1)45-48-46(50-47(49-45)33-22-27-42-38(28-33)37-16-8-9-17-41(37)52-42)32-18-23-34(24-19-32)51-39-25-20-29-10-4-6-14-35(29)43(39)44-36-15-7-5-11-30(36)21-26-40(44)51/h1-28,47H,(H,48,49,50). The molecule has 2 aromatic heterocycles. The molecular formula is C47H30N4S. The summed E-state index contributed by atoms with van der Waals surface area (Å²) in [5, 5.41) is 13.8. The monoisotopic (exact) mass is 682 g/mol. The highest BCUT2D eigenvalue weighted by atomic mass is 32.1. The third-order valence-corrected chi connectivity index (χ3v) is 11.6. The summed E-state index contributed by atoms with van der Waals surface area (Å²) in [6.07, 6.45) is -0.288. The van der Waals surface area contributed by atoms with E-state index in [0.29, 0.717) is 0 Å². The van der Waals surface area contributed by atoms with Gasteiger partial charge in [-0.15, -0.1) is 11.3 Å². The van der Waals surface area contributed by atoms with Crippen molar-refractivity contribution < 1.29 is 0 Å². The lowest BCUT2D eigenvalue weighted by Gasteiger charge is -2.24. The molecule has 10 aromatic rings. The highest BCUT2D eigenvalue weighted by Gasteiger charge is 2.23. The largest absolute Gasteiger partial charge is 0.344 e. The second-order valence-corrected chi connectivity index (χ2v) is 14.5. The summed E-state index contributed by atoms with van der Waals surface area (Å²) in [4.78, 5) is 10.3. The van der Waals surface area contributed by atoms with Crippen molar-refractivity contribution in [3.8, 4) is 5.69 Å². The lowest BCUT2D eigenvalue weighted by Crippen LogP contribution is -2.33. The first-order chi connectivity index (χ1) is 25.8. The van der Waals surface area contributed by atoms with E-state index in [1.54, 1.807) is 0 Å². The first-order valence-corrected chi connectivity index (χ1v) is 18.4. The van der Waals surface area contributed by atoms with Crippen molar-refractivity contribution in [2.24, 2.45) is 9.98 Å². The van der Waals surface area contributed by atoms with Gasteiger partial charge in [0.05, 0.1) is 11.0 Å². The molecule has 1 N–H and O–H groups in total. The maximum absolute atomic E-state index is 5.16. The first kappa shape index (κ1) is 29.2. The van der Waals surface area contributed by atoms with Crippen LogP contribution in [-0.4, -0.2) is 16.2 Å². The Balaban J connectivity index is 1.04. The molecule has 1 atom stereocenters. The summed E-state index contributed by atoms with van der Waals surface area (Å²) in [6, 6.07) is 60.9. The number of amidine groups is 2. The van der Waals surface area contributed by atoms with Gasteiger partial charge in [-0.05, 0) is 81.7 Å². The Bertz CT molecular complexity index is 3000. The Morgan fingerprint density at radius 2 is 1.12 bits per heavy atom. The predicted octanol–water partition coefficient (Wildman–Crippen LogP) is 12.0. The van der Waals surface area contributed by atoms with Gasteiger partial charge in [-0.2, -0.15) is 0 Å². The zero-order chi connectivity index (χ0) is 34.2. The minimum Gasteiger partial charge on any atom is -0.344 e. The van der Waals surface area contributed by atoms with E-state index in [9.17, 15) is 0 Å². The average Bonchev–Trinajstić information content (AvgIpc) is 3.77. The summed E-state index contributed by atoms with van der Waals surface area (Å²) >= 11 is 1.83. The molecule has 0 amide bonds. The van der Waals surface area contributed by atoms with Gasteiger partial charge >= 0.3 is 0 Å². The normalized spacial score (nSPS) is 14.7. The average molecular weight is 683 g/mol. The molecule has 8 aromatic carbocycles. The molecule has 0 bridgehead atoms. The highest BCUT2D eigenvalue weighted by molar-refractivity contribution is 7.25. The lowest BCUT2D eigenvalue weighted by molar-refractivity contribution is 0.675. The van der Waals surface area contributed by atoms with Gasteiger partial charge < -0.3 is 9.88 Å². The van der Waals surface area contributed by atoms with E-state index in [0.717, 1.165) is 34.0 Å². The molecule has 0 saturated heterocycles. The van der Waals surface area contributed by atoms with Crippen LogP contribution in [0, 0.1) is 0 Å². The Kier molecular flexibility index (Phi) is 6.45. The van der Waals surface area contributed by atoms with Crippen LogP contribution in [0.15, 0.2) is 180 Å². The number of nitrogens with zero attached hydrogens (tertiary/aromatic N) is 3. The number of hydrogen-bond acceptors (Lipinski definition) is 4. The Morgan fingerprint density at radius 3 is 1.83 bits per heavy atom. The van der Waals surface area contributed by atoms with Crippen molar-refractivity contribution in [3.05, 3.63) is 187 Å². The van der Waals surface area contributed by atoms with Gasteiger partial charge in [0.25, 0.3) is 0 Å². The molecule has 4 nitrogen and oxygen atoms in total. The van der Waals surface area contributed by atoms with Crippen LogP contribution in [0.4, 0.5) is 0 Å². The van der Waals surface area contributed by atoms with Crippen molar-refractivity contribution in [2.45, 2.75) is 6.17 Å². The summed E-state index contributed by atoms with van der Waals surface area (Å²) in [7, 11) is 0. The molecule has 0 radical (unpaired) electrons. The molecule has 3 heterocycles. The number of nitrogens with one attached hydrogen (secondary N) is 1. The molecule has 0 saturated carbocycles. The SMILES string of the molecule is c1ccc(C2=NC(c3ccc4sc5ccccc5c4c3)NC(c3ccc(-n4c5ccc6ccccc6c5c5c6ccccc6ccc54)cc3)=N2)cc1. The Morgan fingerprint density at radius 1 is 0.500 bits per heavy atom. The number of thiophene rings is 1. The molecule has 244 valence electrons. The van der Waals surface area contributed by atoms with Gasteiger partial charge in [-0.3, -0.25) is 0 Å². The van der Waals surface area contributed by atoms with Crippen LogP contribution >= 0.6 is 11.3 Å². The van der Waals surface area contributed by atoms with Crippen LogP contribution in [-0.2, 0) is 0 Å². The molecule has 0 aliphatic carbocycles. The summed E-state index contributed by atoms with van der Waals surface area (Å²) in [6.45, 7) is 0. The van der Waals surface area contributed by atoms with E-state index in [4.69, 9.17) is 9.98 Å². The summed E-state index contributed by atoms with van der Waals surface area (Å²) in [5.74, 6) is 1.53. The molecule has 1 aliphatic heterocycles. The second-order valence-electron chi connectivity index (χ2n) is 13.4. The van der Waals surface area contributed by atoms with Gasteiger partial charge in [0, 0.05) is 47.8 Å². The second kappa shape index (κ2) is 11.5. The van der Waals surface area contributed by atoms with Crippen molar-refractivity contribution >= 4 is 86.5 Å². The fourth-order valence-corrected chi connectivity index (χ4v) is 9.08. The van der Waals surface area contributed by atoms with E-state index in [2.05, 4.69) is 162 Å². The van der Waals surface area contributed by atoms with Crippen LogP contribution in [0.3, 0.4) is 0 Å². The van der Waals surface area contributed by atoms with E-state index >= 15 is 0 Å². The number of rotatable bonds is 4. The zero-order valence-corrected chi connectivity index (χ0v) is 28.8. The third kappa shape index (κ3) is 4.53. The van der Waals surface area contributed by atoms with Gasteiger partial charge in [-0.1, -0.05) is 115 Å². The smallest absolute Gasteiger partial charge is 0.159 e. The fourth-order valence-electron chi connectivity index (χ4n) is 7.99. The molecule has 52 heavy (non-hydrogen) atoms. The number of aromatic nitrogens is 1. The van der Waals surface area contributed by atoms with Crippen LogP contribution in [0.25, 0.3) is 69.2 Å². The molecular weight excluding hydrogens is 653 g/mol. The molecule has 0 spiro atoms. The van der Waals surface area contributed by atoms with E-state index < -0.39 is 0 Å². The van der Waals surface area contributed by atoms with Gasteiger partial charge in [0.1, 0.15) is 12.0 Å². The van der Waals surface area contributed by atoms with E-state index in [1.165, 1.54) is 63.5 Å². The predicted molar refractivity (Wildman–Crippen MR) is 221 cm³/mol. The minimum absolute atomic E-state index is 0.288. The lowest BCUT2D eigenvalue weighted by atomic mass is 10.00. The van der Waals surface area contributed by atoms with Crippen molar-refractivity contribution in [1.29, 1.82) is 0 Å². The maximum atomic E-state index is 5.16. The van der Waals surface area contributed by atoms with E-state index in [-0.39, 0.29) is 6.17 Å². The number of aliphatic imine (C=N–C) groups is 2. The van der Waals surface area contributed by atoms with Crippen LogP contribution < -0.4 is 5.32 Å². The molecule has 5 heteroatoms. The van der Waals surface area contributed by atoms with E-state index in [1.807, 2.05) is 29.5 Å². The van der Waals surface area contributed by atoms with Gasteiger partial charge in [0.2, 0.25) is 0 Å². The van der Waals surface area contributed by atoms with Crippen LogP contribution in [0.1, 0.15) is 22.9 Å². The Labute approximate surface area is 303 Å². The third-order valence-electron chi connectivity index (χ3n) is 10.4. The molecule has 11 rings (SSSR count). The quantitative estimate of drug-likeness (QED) is 0.197. The minimum atomic E-state index is -0.288. The van der Waals surface area contributed by atoms with Crippen molar-refractivity contribution in [1.82, 2.24) is 9.88 Å². The number of benzene rings is 8. The zero-order valence-electron chi connectivity index (χ0n) is 28.0. The first-order valence-electron chi connectivity index (χ1n) is 17.6. The van der Waals surface area contributed by atoms with Crippen molar-refractivity contribution in [3.63, 3.8) is 0 Å². The number of fused-ring (bicyclic) bond motifs is 10. The summed E-state index contributed by atoms with van der Waals surface area (Å²) in [5.41, 5.74) is 6.61. The molecule has 1 aliphatic rings. The topological polar surface area (TPSA) is 41.7 Å². The Hall–Kier alpha value is -6.56. The maximum Gasteiger partial charge on any atom is 0.159 e. The highest BCUT2D eigenvalue weighted by Crippen LogP contribution is 2.41.